The maximum absolute atomic E-state index is 13.4. The van der Waals surface area contributed by atoms with Crippen LogP contribution in [0.15, 0.2) is 36.5 Å². The molecule has 2 aromatic heterocycles. The van der Waals surface area contributed by atoms with Gasteiger partial charge >= 0.3 is 12.3 Å². The third-order valence-electron chi connectivity index (χ3n) is 7.56. The second kappa shape index (κ2) is 9.00. The van der Waals surface area contributed by atoms with E-state index in [0.29, 0.717) is 41.3 Å². The van der Waals surface area contributed by atoms with E-state index in [1.165, 1.54) is 17.9 Å². The van der Waals surface area contributed by atoms with E-state index >= 15 is 0 Å². The van der Waals surface area contributed by atoms with Crippen LogP contribution in [0, 0.1) is 19.3 Å². The van der Waals surface area contributed by atoms with Crippen LogP contribution < -0.4 is 5.32 Å². The third-order valence-corrected chi connectivity index (χ3v) is 7.56. The molecule has 37 heavy (non-hydrogen) atoms. The van der Waals surface area contributed by atoms with E-state index in [9.17, 15) is 18.0 Å². The molecule has 10 heteroatoms. The predicted octanol–water partition coefficient (Wildman–Crippen LogP) is 6.38. The lowest BCUT2D eigenvalue weighted by Gasteiger charge is -2.50. The van der Waals surface area contributed by atoms with Gasteiger partial charge in [-0.15, -0.1) is 0 Å². The number of nitrogens with zero attached hydrogens (tertiary/aromatic N) is 4. The van der Waals surface area contributed by atoms with Gasteiger partial charge in [0.25, 0.3) is 0 Å². The van der Waals surface area contributed by atoms with Crippen molar-refractivity contribution in [2.45, 2.75) is 52.3 Å². The van der Waals surface area contributed by atoms with Gasteiger partial charge in [0.2, 0.25) is 0 Å². The highest BCUT2D eigenvalue weighted by molar-refractivity contribution is 5.89. The molecule has 5 rings (SSSR count). The average Bonchev–Trinajstić information content (AvgIpc) is 2.81. The van der Waals surface area contributed by atoms with E-state index in [4.69, 9.17) is 5.11 Å². The number of amides is 1. The first kappa shape index (κ1) is 25.0. The van der Waals surface area contributed by atoms with Crippen molar-refractivity contribution in [1.29, 1.82) is 0 Å². The van der Waals surface area contributed by atoms with Gasteiger partial charge in [-0.1, -0.05) is 18.2 Å². The number of benzene rings is 1. The van der Waals surface area contributed by atoms with Gasteiger partial charge in [-0.2, -0.15) is 13.2 Å². The zero-order valence-electron chi connectivity index (χ0n) is 20.9. The number of hydrogen-bond donors (Lipinski definition) is 2. The smallest absolute Gasteiger partial charge is 0.416 e. The Labute approximate surface area is 212 Å². The van der Waals surface area contributed by atoms with Crippen LogP contribution in [0.25, 0.3) is 16.6 Å². The molecule has 1 atom stereocenters. The Bertz CT molecular complexity index is 1410. The number of allylic oxidation sites excluding steroid dienone is 2. The highest BCUT2D eigenvalue weighted by Crippen LogP contribution is 2.45. The van der Waals surface area contributed by atoms with Gasteiger partial charge in [-0.3, -0.25) is 0 Å². The van der Waals surface area contributed by atoms with E-state index in [0.717, 1.165) is 36.5 Å². The van der Waals surface area contributed by atoms with Crippen LogP contribution in [-0.4, -0.2) is 44.1 Å². The number of aromatic nitrogens is 3. The minimum absolute atomic E-state index is 0.0251. The van der Waals surface area contributed by atoms with E-state index < -0.39 is 23.9 Å². The van der Waals surface area contributed by atoms with Gasteiger partial charge in [-0.25, -0.2) is 19.7 Å². The van der Waals surface area contributed by atoms with Gasteiger partial charge in [0.15, 0.2) is 5.65 Å². The molecule has 1 spiro atoms. The number of rotatable bonds is 4. The van der Waals surface area contributed by atoms with E-state index in [1.54, 1.807) is 19.2 Å². The monoisotopic (exact) mass is 511 g/mol. The lowest BCUT2D eigenvalue weighted by atomic mass is 9.69. The Morgan fingerprint density at radius 3 is 2.62 bits per heavy atom. The first-order valence-corrected chi connectivity index (χ1v) is 12.2. The number of fused-ring (bicyclic) bond motifs is 1. The standard InChI is InChI=1S/C27H28F3N5O2/c1-15-20(5-4-6-22(15)27(28,29)30)16(2)32-24-21-11-19(12-31-23(21)33-17(3)34-24)18-7-9-26(10-8-18)13-35(14-26)25(36)37/h4-7,11-12,16H,8-10,13-14H2,1-3H3,(H,36,37)(H,31,32,33,34). The van der Waals surface area contributed by atoms with Crippen LogP contribution in [0.5, 0.6) is 0 Å². The van der Waals surface area contributed by atoms with Crippen LogP contribution in [0.4, 0.5) is 23.8 Å². The molecular formula is C27H28F3N5O2. The SMILES string of the molecule is Cc1nc(NC(C)c2cccc(C(F)(F)F)c2C)c2cc(C3=CCC4(CC3)CN(C(=O)O)C4)cnc2n1. The molecule has 3 aromatic rings. The van der Waals surface area contributed by atoms with Crippen molar-refractivity contribution in [3.63, 3.8) is 0 Å². The zero-order valence-corrected chi connectivity index (χ0v) is 20.9. The minimum atomic E-state index is -4.42. The molecule has 2 aliphatic rings. The molecule has 0 radical (unpaired) electrons. The van der Waals surface area contributed by atoms with Crippen LogP contribution in [0.1, 0.15) is 60.3 Å². The molecule has 0 saturated carbocycles. The number of hydrogen-bond acceptors (Lipinski definition) is 5. The first-order valence-electron chi connectivity index (χ1n) is 12.2. The summed E-state index contributed by atoms with van der Waals surface area (Å²) in [5, 5.41) is 13.2. The summed E-state index contributed by atoms with van der Waals surface area (Å²) in [5.41, 5.74) is 2.69. The molecule has 1 unspecified atom stereocenters. The second-order valence-electron chi connectivity index (χ2n) is 10.2. The molecule has 0 bridgehead atoms. The Morgan fingerprint density at radius 2 is 1.97 bits per heavy atom. The molecule has 1 amide bonds. The normalized spacial score (nSPS) is 17.9. The van der Waals surface area contributed by atoms with Crippen LogP contribution in [-0.2, 0) is 6.18 Å². The summed E-state index contributed by atoms with van der Waals surface area (Å²) < 4.78 is 40.3. The lowest BCUT2D eigenvalue weighted by Crippen LogP contribution is -2.58. The fraction of sp³-hybridized carbons (Fsp3) is 0.407. The molecular weight excluding hydrogens is 483 g/mol. The number of anilines is 1. The second-order valence-corrected chi connectivity index (χ2v) is 10.2. The lowest BCUT2D eigenvalue weighted by molar-refractivity contribution is -0.138. The number of likely N-dealkylation sites (tertiary alicyclic amines) is 1. The van der Waals surface area contributed by atoms with Crippen LogP contribution >= 0.6 is 0 Å². The summed E-state index contributed by atoms with van der Waals surface area (Å²) in [6, 6.07) is 5.75. The maximum atomic E-state index is 13.4. The predicted molar refractivity (Wildman–Crippen MR) is 134 cm³/mol. The molecule has 3 heterocycles. The van der Waals surface area contributed by atoms with Crippen molar-refractivity contribution in [2.75, 3.05) is 18.4 Å². The topological polar surface area (TPSA) is 91.2 Å². The Morgan fingerprint density at radius 1 is 1.22 bits per heavy atom. The molecule has 1 aromatic carbocycles. The number of carbonyl (C=O) groups is 1. The van der Waals surface area contributed by atoms with Crippen molar-refractivity contribution in [1.82, 2.24) is 19.9 Å². The van der Waals surface area contributed by atoms with Crippen LogP contribution in [0.2, 0.25) is 0 Å². The number of nitrogens with one attached hydrogen (secondary N) is 1. The fourth-order valence-corrected chi connectivity index (χ4v) is 5.51. The van der Waals surface area contributed by atoms with Crippen LogP contribution in [0.3, 0.4) is 0 Å². The minimum Gasteiger partial charge on any atom is -0.465 e. The summed E-state index contributed by atoms with van der Waals surface area (Å²) in [7, 11) is 0. The molecule has 1 aliphatic carbocycles. The number of pyridine rings is 1. The largest absolute Gasteiger partial charge is 0.465 e. The van der Waals surface area contributed by atoms with Crippen molar-refractivity contribution < 1.29 is 23.1 Å². The fourth-order valence-electron chi connectivity index (χ4n) is 5.51. The first-order chi connectivity index (χ1) is 17.5. The summed E-state index contributed by atoms with van der Waals surface area (Å²) >= 11 is 0. The van der Waals surface area contributed by atoms with E-state index in [-0.39, 0.29) is 11.0 Å². The van der Waals surface area contributed by atoms with Gasteiger partial charge < -0.3 is 15.3 Å². The summed E-state index contributed by atoms with van der Waals surface area (Å²) in [5.74, 6) is 1.03. The van der Waals surface area contributed by atoms with E-state index in [2.05, 4.69) is 26.3 Å². The third kappa shape index (κ3) is 4.72. The molecule has 1 aliphatic heterocycles. The van der Waals surface area contributed by atoms with Gasteiger partial charge in [0.05, 0.1) is 17.0 Å². The Balaban J connectivity index is 1.43. The van der Waals surface area contributed by atoms with Crippen molar-refractivity contribution in [3.05, 3.63) is 64.6 Å². The molecule has 1 fully saturated rings. The molecule has 194 valence electrons. The average molecular weight is 512 g/mol. The van der Waals surface area contributed by atoms with Gasteiger partial charge in [-0.05, 0) is 74.4 Å². The highest BCUT2D eigenvalue weighted by atomic mass is 19.4. The number of carboxylic acid groups (broad SMARTS) is 1. The number of alkyl halides is 3. The maximum Gasteiger partial charge on any atom is 0.416 e. The number of aryl methyl sites for hydroxylation is 1. The summed E-state index contributed by atoms with van der Waals surface area (Å²) in [6.07, 6.45) is 1.19. The molecule has 7 nitrogen and oxygen atoms in total. The zero-order chi connectivity index (χ0) is 26.5. The molecule has 2 N–H and O–H groups in total. The molecule has 1 saturated heterocycles. The van der Waals surface area contributed by atoms with Crippen molar-refractivity contribution >= 4 is 28.5 Å². The van der Waals surface area contributed by atoms with Gasteiger partial charge in [0.1, 0.15) is 11.6 Å². The highest BCUT2D eigenvalue weighted by Gasteiger charge is 2.45. The Kier molecular flexibility index (Phi) is 6.08. The quantitative estimate of drug-likeness (QED) is 0.422. The van der Waals surface area contributed by atoms with Crippen molar-refractivity contribution in [3.8, 4) is 0 Å². The van der Waals surface area contributed by atoms with Gasteiger partial charge in [0, 0.05) is 24.7 Å². The van der Waals surface area contributed by atoms with Crippen molar-refractivity contribution in [2.24, 2.45) is 5.41 Å². The summed E-state index contributed by atoms with van der Waals surface area (Å²) in [6.45, 7) is 6.18. The van der Waals surface area contributed by atoms with E-state index in [1.807, 2.05) is 13.0 Å². The Hall–Kier alpha value is -3.69. The summed E-state index contributed by atoms with van der Waals surface area (Å²) in [4.78, 5) is 26.2. The number of halogens is 3.